The summed E-state index contributed by atoms with van der Waals surface area (Å²) in [5.74, 6) is 1.54. The minimum Gasteiger partial charge on any atom is -0.392 e. The number of allylic oxidation sites excluding steroid dienone is 1. The summed E-state index contributed by atoms with van der Waals surface area (Å²) < 4.78 is 0. The quantitative estimate of drug-likeness (QED) is 0.704. The van der Waals surface area contributed by atoms with E-state index >= 15 is 0 Å². The Hall–Kier alpha value is -0.340. The highest BCUT2D eigenvalue weighted by atomic mass is 16.3. The molecule has 0 aromatic rings. The molecule has 86 valence electrons. The number of aliphatic hydroxyl groups excluding tert-OH is 1. The van der Waals surface area contributed by atoms with Crippen molar-refractivity contribution in [3.05, 3.63) is 11.6 Å². The summed E-state index contributed by atoms with van der Waals surface area (Å²) in [6.07, 6.45) is 5.87. The summed E-state index contributed by atoms with van der Waals surface area (Å²) in [5.41, 5.74) is 1.56. The van der Waals surface area contributed by atoms with Crippen LogP contribution in [0.2, 0.25) is 0 Å². The van der Waals surface area contributed by atoms with E-state index in [1.165, 1.54) is 12.8 Å². The van der Waals surface area contributed by atoms with Crippen LogP contribution in [0, 0.1) is 11.8 Å². The maximum atomic E-state index is 9.50. The van der Waals surface area contributed by atoms with Crippen molar-refractivity contribution >= 4 is 0 Å². The summed E-state index contributed by atoms with van der Waals surface area (Å²) in [7, 11) is 0. The van der Waals surface area contributed by atoms with Crippen LogP contribution in [0.15, 0.2) is 11.6 Å². The summed E-state index contributed by atoms with van der Waals surface area (Å²) in [6, 6.07) is 0. The monoisotopic (exact) mass is 209 g/mol. The molecule has 2 nitrogen and oxygen atoms in total. The van der Waals surface area contributed by atoms with Crippen LogP contribution in [0.25, 0.3) is 0 Å². The van der Waals surface area contributed by atoms with Crippen LogP contribution in [0.1, 0.15) is 33.1 Å². The second-order valence-electron chi connectivity index (χ2n) is 5.31. The van der Waals surface area contributed by atoms with Crippen LogP contribution in [0.3, 0.4) is 0 Å². The molecular weight excluding hydrogens is 186 g/mol. The third-order valence-corrected chi connectivity index (χ3v) is 4.06. The topological polar surface area (TPSA) is 23.5 Å². The predicted octanol–water partition coefficient (Wildman–Crippen LogP) is 2.05. The minimum atomic E-state index is -0.0758. The molecule has 3 atom stereocenters. The van der Waals surface area contributed by atoms with Crippen molar-refractivity contribution in [2.24, 2.45) is 11.8 Å². The van der Waals surface area contributed by atoms with Gasteiger partial charge in [-0.05, 0) is 38.0 Å². The van der Waals surface area contributed by atoms with E-state index in [-0.39, 0.29) is 6.10 Å². The molecule has 1 N–H and O–H groups in total. The summed E-state index contributed by atoms with van der Waals surface area (Å²) >= 11 is 0. The van der Waals surface area contributed by atoms with Crippen molar-refractivity contribution in [2.45, 2.75) is 39.2 Å². The first kappa shape index (κ1) is 11.2. The molecule has 1 aliphatic heterocycles. The molecule has 0 saturated carbocycles. The second kappa shape index (κ2) is 4.67. The van der Waals surface area contributed by atoms with Crippen molar-refractivity contribution in [2.75, 3.05) is 19.6 Å². The van der Waals surface area contributed by atoms with Gasteiger partial charge < -0.3 is 10.0 Å². The lowest BCUT2D eigenvalue weighted by atomic mass is 9.80. The fourth-order valence-corrected chi connectivity index (χ4v) is 2.96. The van der Waals surface area contributed by atoms with Crippen molar-refractivity contribution < 1.29 is 5.11 Å². The summed E-state index contributed by atoms with van der Waals surface area (Å²) in [5, 5.41) is 9.50. The molecule has 0 unspecified atom stereocenters. The Kier molecular flexibility index (Phi) is 3.47. The van der Waals surface area contributed by atoms with E-state index in [1.807, 2.05) is 0 Å². The highest BCUT2D eigenvalue weighted by molar-refractivity contribution is 5.09. The fraction of sp³-hybridized carbons (Fsp3) is 0.846. The molecule has 1 fully saturated rings. The Morgan fingerprint density at radius 2 is 2.27 bits per heavy atom. The van der Waals surface area contributed by atoms with Crippen molar-refractivity contribution in [3.8, 4) is 0 Å². The average molecular weight is 209 g/mol. The number of hydrogen-bond donors (Lipinski definition) is 1. The SMILES string of the molecule is CC1=CCC[C@H](C)[C@@H]1CN1CC[C@H](O)C1. The average Bonchev–Trinajstić information content (AvgIpc) is 2.58. The number of aliphatic hydroxyl groups is 1. The van der Waals surface area contributed by atoms with E-state index in [0.29, 0.717) is 0 Å². The molecule has 1 aliphatic carbocycles. The van der Waals surface area contributed by atoms with Crippen LogP contribution in [-0.4, -0.2) is 35.7 Å². The van der Waals surface area contributed by atoms with Gasteiger partial charge in [0.15, 0.2) is 0 Å². The lowest BCUT2D eigenvalue weighted by molar-refractivity contribution is 0.165. The van der Waals surface area contributed by atoms with Gasteiger partial charge in [-0.25, -0.2) is 0 Å². The largest absolute Gasteiger partial charge is 0.392 e. The van der Waals surface area contributed by atoms with E-state index in [1.54, 1.807) is 5.57 Å². The van der Waals surface area contributed by atoms with Crippen LogP contribution in [0.4, 0.5) is 0 Å². The molecule has 0 amide bonds. The van der Waals surface area contributed by atoms with Crippen LogP contribution < -0.4 is 0 Å². The minimum absolute atomic E-state index is 0.0758. The van der Waals surface area contributed by atoms with E-state index in [0.717, 1.165) is 37.9 Å². The lowest BCUT2D eigenvalue weighted by Crippen LogP contribution is -2.33. The molecule has 0 bridgehead atoms. The predicted molar refractivity (Wildman–Crippen MR) is 62.7 cm³/mol. The van der Waals surface area contributed by atoms with Gasteiger partial charge in [-0.15, -0.1) is 0 Å². The van der Waals surface area contributed by atoms with Gasteiger partial charge in [-0.1, -0.05) is 18.6 Å². The standard InChI is InChI=1S/C13H23NO/c1-10-4-3-5-11(2)13(10)9-14-7-6-12(15)8-14/h4,11-13,15H,3,5-9H2,1-2H3/t11-,12-,13+/m0/s1. The first-order chi connectivity index (χ1) is 7.16. The zero-order valence-electron chi connectivity index (χ0n) is 9.95. The second-order valence-corrected chi connectivity index (χ2v) is 5.31. The number of nitrogens with zero attached hydrogens (tertiary/aromatic N) is 1. The fourth-order valence-electron chi connectivity index (χ4n) is 2.96. The van der Waals surface area contributed by atoms with Gasteiger partial charge in [0.2, 0.25) is 0 Å². The first-order valence-electron chi connectivity index (χ1n) is 6.24. The molecule has 0 radical (unpaired) electrons. The molecular formula is C13H23NO. The van der Waals surface area contributed by atoms with Gasteiger partial charge in [0, 0.05) is 19.6 Å². The summed E-state index contributed by atoms with van der Waals surface area (Å²) in [4.78, 5) is 2.43. The van der Waals surface area contributed by atoms with E-state index in [2.05, 4.69) is 24.8 Å². The molecule has 15 heavy (non-hydrogen) atoms. The van der Waals surface area contributed by atoms with Gasteiger partial charge >= 0.3 is 0 Å². The van der Waals surface area contributed by atoms with E-state index in [4.69, 9.17) is 0 Å². The third kappa shape index (κ3) is 2.61. The maximum absolute atomic E-state index is 9.50. The van der Waals surface area contributed by atoms with Crippen LogP contribution in [0.5, 0.6) is 0 Å². The molecule has 2 rings (SSSR count). The van der Waals surface area contributed by atoms with Crippen LogP contribution >= 0.6 is 0 Å². The normalized spacial score (nSPS) is 38.1. The Morgan fingerprint density at radius 3 is 2.87 bits per heavy atom. The molecule has 0 spiro atoms. The van der Waals surface area contributed by atoms with Gasteiger partial charge in [-0.2, -0.15) is 0 Å². The molecule has 1 heterocycles. The van der Waals surface area contributed by atoms with Gasteiger partial charge in [0.25, 0.3) is 0 Å². The number of likely N-dealkylation sites (tertiary alicyclic amines) is 1. The van der Waals surface area contributed by atoms with Crippen molar-refractivity contribution in [1.82, 2.24) is 4.90 Å². The number of rotatable bonds is 2. The molecule has 1 saturated heterocycles. The highest BCUT2D eigenvalue weighted by Crippen LogP contribution is 2.31. The Labute approximate surface area is 93.0 Å². The van der Waals surface area contributed by atoms with Gasteiger partial charge in [-0.3, -0.25) is 0 Å². The Balaban J connectivity index is 1.92. The van der Waals surface area contributed by atoms with Crippen LogP contribution in [-0.2, 0) is 0 Å². The summed E-state index contributed by atoms with van der Waals surface area (Å²) in [6.45, 7) is 7.76. The van der Waals surface area contributed by atoms with Gasteiger partial charge in [0.1, 0.15) is 0 Å². The Bertz CT molecular complexity index is 249. The smallest absolute Gasteiger partial charge is 0.0679 e. The number of β-amino-alcohol motifs (C(OH)–C–C–N with tert-alkyl or cyclic N) is 1. The highest BCUT2D eigenvalue weighted by Gasteiger charge is 2.27. The Morgan fingerprint density at radius 1 is 1.47 bits per heavy atom. The lowest BCUT2D eigenvalue weighted by Gasteiger charge is -2.32. The zero-order valence-corrected chi connectivity index (χ0v) is 9.95. The van der Waals surface area contributed by atoms with E-state index < -0.39 is 0 Å². The number of hydrogen-bond acceptors (Lipinski definition) is 2. The molecule has 0 aromatic carbocycles. The zero-order chi connectivity index (χ0) is 10.8. The van der Waals surface area contributed by atoms with Crippen molar-refractivity contribution in [3.63, 3.8) is 0 Å². The van der Waals surface area contributed by atoms with Crippen molar-refractivity contribution in [1.29, 1.82) is 0 Å². The van der Waals surface area contributed by atoms with E-state index in [9.17, 15) is 5.11 Å². The molecule has 2 aliphatic rings. The van der Waals surface area contributed by atoms with Gasteiger partial charge in [0.05, 0.1) is 6.10 Å². The first-order valence-corrected chi connectivity index (χ1v) is 6.24. The molecule has 0 aromatic heterocycles. The third-order valence-electron chi connectivity index (χ3n) is 4.06. The maximum Gasteiger partial charge on any atom is 0.0679 e. The molecule has 2 heteroatoms.